The van der Waals surface area contributed by atoms with Crippen LogP contribution in [0.1, 0.15) is 35.3 Å². The maximum Gasteiger partial charge on any atom is 0.238 e. The average Bonchev–Trinajstić information content (AvgIpc) is 2.52. The molecule has 0 radical (unpaired) electrons. The van der Waals surface area contributed by atoms with Crippen LogP contribution in [0.2, 0.25) is 0 Å². The summed E-state index contributed by atoms with van der Waals surface area (Å²) in [7, 11) is 1.73. The molecular formula is C13H17N3OS. The Kier molecular flexibility index (Phi) is 4.34. The predicted molar refractivity (Wildman–Crippen MR) is 72.8 cm³/mol. The third-order valence-corrected chi connectivity index (χ3v) is 4.33. The zero-order valence-corrected chi connectivity index (χ0v) is 11.3. The Morgan fingerprint density at radius 2 is 2.17 bits per heavy atom. The van der Waals surface area contributed by atoms with Crippen molar-refractivity contribution in [1.82, 2.24) is 5.32 Å². The van der Waals surface area contributed by atoms with Gasteiger partial charge in [-0.05, 0) is 38.3 Å². The van der Waals surface area contributed by atoms with Crippen LogP contribution in [-0.4, -0.2) is 19.5 Å². The molecule has 0 unspecified atom stereocenters. The average molecular weight is 263 g/mol. The van der Waals surface area contributed by atoms with Crippen molar-refractivity contribution in [2.45, 2.75) is 32.1 Å². The zero-order chi connectivity index (χ0) is 13.0. The van der Waals surface area contributed by atoms with Gasteiger partial charge in [-0.2, -0.15) is 5.26 Å². The van der Waals surface area contributed by atoms with Crippen LogP contribution in [0, 0.1) is 11.3 Å². The maximum atomic E-state index is 11.6. The smallest absolute Gasteiger partial charge is 0.238 e. The summed E-state index contributed by atoms with van der Waals surface area (Å²) in [5, 5.41) is 15.7. The number of likely N-dealkylation sites (N-methyl/N-ethyl adjacent to an activating group) is 1. The molecule has 0 aromatic carbocycles. The van der Waals surface area contributed by atoms with Gasteiger partial charge in [0, 0.05) is 4.88 Å². The molecule has 0 bridgehead atoms. The molecule has 0 fully saturated rings. The van der Waals surface area contributed by atoms with Crippen LogP contribution in [0.15, 0.2) is 0 Å². The van der Waals surface area contributed by atoms with Crippen LogP contribution in [0.3, 0.4) is 0 Å². The number of hydrogen-bond donors (Lipinski definition) is 2. The number of carbonyl (C=O) groups is 1. The fourth-order valence-electron chi connectivity index (χ4n) is 2.28. The van der Waals surface area contributed by atoms with Crippen LogP contribution in [0.5, 0.6) is 0 Å². The molecule has 2 rings (SSSR count). The molecule has 1 aliphatic rings. The summed E-state index contributed by atoms with van der Waals surface area (Å²) in [5.41, 5.74) is 1.85. The van der Waals surface area contributed by atoms with Crippen molar-refractivity contribution < 1.29 is 4.79 Å². The number of amides is 1. The number of nitriles is 1. The highest BCUT2D eigenvalue weighted by Gasteiger charge is 2.20. The van der Waals surface area contributed by atoms with E-state index < -0.39 is 0 Å². The standard InChI is InChI=1S/C13H17N3OS/c1-15-8-12(17)16-13-10(7-14)9-5-3-2-4-6-11(9)18-13/h15H,2-6,8H2,1H3,(H,16,17). The third-order valence-electron chi connectivity index (χ3n) is 3.12. The summed E-state index contributed by atoms with van der Waals surface area (Å²) in [6, 6.07) is 2.25. The summed E-state index contributed by atoms with van der Waals surface area (Å²) >= 11 is 1.57. The number of anilines is 1. The third kappa shape index (κ3) is 2.71. The Morgan fingerprint density at radius 3 is 2.89 bits per heavy atom. The van der Waals surface area contributed by atoms with E-state index >= 15 is 0 Å². The van der Waals surface area contributed by atoms with Gasteiger partial charge in [-0.25, -0.2) is 0 Å². The van der Waals surface area contributed by atoms with Crippen molar-refractivity contribution in [2.75, 3.05) is 18.9 Å². The summed E-state index contributed by atoms with van der Waals surface area (Å²) in [4.78, 5) is 12.9. The molecule has 1 aromatic heterocycles. The molecule has 0 saturated carbocycles. The van der Waals surface area contributed by atoms with Crippen molar-refractivity contribution in [2.24, 2.45) is 0 Å². The SMILES string of the molecule is CNCC(=O)Nc1sc2c(c1C#N)CCCCC2. The van der Waals surface area contributed by atoms with E-state index in [9.17, 15) is 10.1 Å². The first-order chi connectivity index (χ1) is 8.76. The van der Waals surface area contributed by atoms with Crippen LogP contribution in [0.25, 0.3) is 0 Å². The van der Waals surface area contributed by atoms with Gasteiger partial charge in [-0.1, -0.05) is 6.42 Å². The first-order valence-corrected chi connectivity index (χ1v) is 7.07. The number of fused-ring (bicyclic) bond motifs is 1. The lowest BCUT2D eigenvalue weighted by molar-refractivity contribution is -0.115. The normalized spacial score (nSPS) is 14.4. The lowest BCUT2D eigenvalue weighted by Crippen LogP contribution is -2.24. The van der Waals surface area contributed by atoms with E-state index in [2.05, 4.69) is 16.7 Å². The molecule has 0 spiro atoms. The molecular weight excluding hydrogens is 246 g/mol. The second-order valence-electron chi connectivity index (χ2n) is 4.46. The van der Waals surface area contributed by atoms with E-state index in [0.717, 1.165) is 24.3 Å². The largest absolute Gasteiger partial charge is 0.315 e. The highest BCUT2D eigenvalue weighted by molar-refractivity contribution is 7.16. The number of aryl methyl sites for hydroxylation is 1. The predicted octanol–water partition coefficient (Wildman–Crippen LogP) is 2.05. The van der Waals surface area contributed by atoms with Crippen molar-refractivity contribution in [1.29, 1.82) is 5.26 Å². The van der Waals surface area contributed by atoms with Gasteiger partial charge >= 0.3 is 0 Å². The molecule has 1 amide bonds. The Balaban J connectivity index is 2.26. The minimum absolute atomic E-state index is 0.0922. The molecule has 18 heavy (non-hydrogen) atoms. The van der Waals surface area contributed by atoms with Crippen molar-refractivity contribution in [3.63, 3.8) is 0 Å². The van der Waals surface area contributed by atoms with Gasteiger partial charge < -0.3 is 10.6 Å². The van der Waals surface area contributed by atoms with Gasteiger partial charge in [-0.3, -0.25) is 4.79 Å². The molecule has 1 aliphatic carbocycles. The van der Waals surface area contributed by atoms with E-state index in [0.29, 0.717) is 5.56 Å². The maximum absolute atomic E-state index is 11.6. The van der Waals surface area contributed by atoms with Gasteiger partial charge in [0.05, 0.1) is 12.1 Å². The highest BCUT2D eigenvalue weighted by atomic mass is 32.1. The monoisotopic (exact) mass is 263 g/mol. The Bertz CT molecular complexity index is 487. The zero-order valence-electron chi connectivity index (χ0n) is 10.5. The lowest BCUT2D eigenvalue weighted by atomic mass is 10.1. The molecule has 1 heterocycles. The molecule has 2 N–H and O–H groups in total. The van der Waals surface area contributed by atoms with E-state index in [1.54, 1.807) is 18.4 Å². The molecule has 5 heteroatoms. The second-order valence-corrected chi connectivity index (χ2v) is 5.56. The van der Waals surface area contributed by atoms with Crippen LogP contribution >= 0.6 is 11.3 Å². The van der Waals surface area contributed by atoms with Gasteiger partial charge in [0.1, 0.15) is 11.1 Å². The number of thiophene rings is 1. The van der Waals surface area contributed by atoms with E-state index in [1.807, 2.05) is 0 Å². The first-order valence-electron chi connectivity index (χ1n) is 6.25. The Hall–Kier alpha value is -1.38. The molecule has 0 atom stereocenters. The molecule has 0 aliphatic heterocycles. The van der Waals surface area contributed by atoms with Gasteiger partial charge in [-0.15, -0.1) is 11.3 Å². The van der Waals surface area contributed by atoms with Gasteiger partial charge in [0.2, 0.25) is 5.91 Å². The first kappa shape index (κ1) is 13.1. The van der Waals surface area contributed by atoms with Crippen molar-refractivity contribution in [3.05, 3.63) is 16.0 Å². The number of nitrogens with zero attached hydrogens (tertiary/aromatic N) is 1. The fraction of sp³-hybridized carbons (Fsp3) is 0.538. The number of nitrogens with one attached hydrogen (secondary N) is 2. The number of carbonyl (C=O) groups excluding carboxylic acids is 1. The summed E-state index contributed by atoms with van der Waals surface area (Å²) in [6.07, 6.45) is 5.56. The summed E-state index contributed by atoms with van der Waals surface area (Å²) in [6.45, 7) is 0.271. The highest BCUT2D eigenvalue weighted by Crippen LogP contribution is 2.36. The molecule has 96 valence electrons. The summed E-state index contributed by atoms with van der Waals surface area (Å²) < 4.78 is 0. The molecule has 0 saturated heterocycles. The van der Waals surface area contributed by atoms with E-state index in [-0.39, 0.29) is 12.5 Å². The van der Waals surface area contributed by atoms with E-state index in [4.69, 9.17) is 0 Å². The number of hydrogen-bond acceptors (Lipinski definition) is 4. The Morgan fingerprint density at radius 1 is 1.39 bits per heavy atom. The second kappa shape index (κ2) is 5.98. The fourth-order valence-corrected chi connectivity index (χ4v) is 3.54. The Labute approximate surface area is 111 Å². The van der Waals surface area contributed by atoms with Crippen LogP contribution in [-0.2, 0) is 17.6 Å². The topological polar surface area (TPSA) is 64.9 Å². The van der Waals surface area contributed by atoms with Crippen LogP contribution in [0.4, 0.5) is 5.00 Å². The minimum atomic E-state index is -0.0922. The van der Waals surface area contributed by atoms with Crippen LogP contribution < -0.4 is 10.6 Å². The van der Waals surface area contributed by atoms with Crippen molar-refractivity contribution in [3.8, 4) is 6.07 Å². The molecule has 4 nitrogen and oxygen atoms in total. The van der Waals surface area contributed by atoms with Crippen molar-refractivity contribution >= 4 is 22.2 Å². The quantitative estimate of drug-likeness (QED) is 0.820. The minimum Gasteiger partial charge on any atom is -0.315 e. The van der Waals surface area contributed by atoms with E-state index in [1.165, 1.54) is 23.3 Å². The summed E-state index contributed by atoms with van der Waals surface area (Å²) in [5.74, 6) is -0.0922. The lowest BCUT2D eigenvalue weighted by Gasteiger charge is -2.03. The van der Waals surface area contributed by atoms with Gasteiger partial charge in [0.25, 0.3) is 0 Å². The number of rotatable bonds is 3. The van der Waals surface area contributed by atoms with Gasteiger partial charge in [0.15, 0.2) is 0 Å². The molecule has 1 aromatic rings.